The maximum atomic E-state index is 12.6. The fourth-order valence-electron chi connectivity index (χ4n) is 3.93. The normalized spacial score (nSPS) is 12.7. The zero-order chi connectivity index (χ0) is 23.5. The second kappa shape index (κ2) is 9.15. The number of fused-ring (bicyclic) bond motifs is 1. The fourth-order valence-corrected chi connectivity index (χ4v) is 3.93. The van der Waals surface area contributed by atoms with Crippen LogP contribution in [0.2, 0.25) is 0 Å². The van der Waals surface area contributed by atoms with Gasteiger partial charge in [0.1, 0.15) is 12.1 Å². The molecule has 1 aliphatic rings. The molecule has 172 valence electrons. The lowest BCUT2D eigenvalue weighted by molar-refractivity contribution is -0.384. The molecule has 0 aliphatic heterocycles. The lowest BCUT2D eigenvalue weighted by atomic mass is 9.90. The second-order valence-corrected chi connectivity index (χ2v) is 7.51. The molecular formula is C22H22N4O7. The van der Waals surface area contributed by atoms with E-state index in [4.69, 9.17) is 13.9 Å². The lowest BCUT2D eigenvalue weighted by Crippen LogP contribution is -2.26. The van der Waals surface area contributed by atoms with E-state index < -0.39 is 23.1 Å². The monoisotopic (exact) mass is 454 g/mol. The molecule has 1 heterocycles. The molecule has 0 spiro atoms. The average Bonchev–Trinajstić information content (AvgIpc) is 3.18. The summed E-state index contributed by atoms with van der Waals surface area (Å²) in [6.45, 7) is -0.410. The third-order valence-electron chi connectivity index (χ3n) is 5.50. The largest absolute Gasteiger partial charge is 0.493 e. The van der Waals surface area contributed by atoms with Gasteiger partial charge in [-0.15, -0.1) is 5.10 Å². The molecular weight excluding hydrogens is 432 g/mol. The number of anilines is 1. The van der Waals surface area contributed by atoms with Gasteiger partial charge < -0.3 is 19.2 Å². The minimum absolute atomic E-state index is 0.0777. The number of rotatable bonds is 7. The van der Waals surface area contributed by atoms with Crippen molar-refractivity contribution < 1.29 is 23.6 Å². The molecule has 2 aromatic carbocycles. The van der Waals surface area contributed by atoms with Gasteiger partial charge in [0.25, 0.3) is 11.6 Å². The van der Waals surface area contributed by atoms with Gasteiger partial charge in [-0.2, -0.15) is 4.68 Å². The Morgan fingerprint density at radius 3 is 2.67 bits per heavy atom. The highest BCUT2D eigenvalue weighted by atomic mass is 16.6. The Morgan fingerprint density at radius 1 is 1.21 bits per heavy atom. The van der Waals surface area contributed by atoms with Crippen molar-refractivity contribution in [2.75, 3.05) is 19.5 Å². The first-order chi connectivity index (χ1) is 15.9. The van der Waals surface area contributed by atoms with Gasteiger partial charge in [-0.1, -0.05) is 12.1 Å². The molecule has 0 fully saturated rings. The van der Waals surface area contributed by atoms with Gasteiger partial charge >= 0.3 is 5.76 Å². The molecule has 0 saturated heterocycles. The highest BCUT2D eigenvalue weighted by molar-refractivity contribution is 5.91. The van der Waals surface area contributed by atoms with Crippen LogP contribution in [-0.4, -0.2) is 34.8 Å². The van der Waals surface area contributed by atoms with Gasteiger partial charge in [0.2, 0.25) is 5.91 Å². The van der Waals surface area contributed by atoms with Crippen LogP contribution >= 0.6 is 0 Å². The molecule has 33 heavy (non-hydrogen) atoms. The topological polar surface area (TPSA) is 139 Å². The summed E-state index contributed by atoms with van der Waals surface area (Å²) in [5.41, 5.74) is 2.56. The van der Waals surface area contributed by atoms with Crippen LogP contribution in [0.3, 0.4) is 0 Å². The maximum Gasteiger partial charge on any atom is 0.437 e. The van der Waals surface area contributed by atoms with Crippen molar-refractivity contribution in [3.8, 4) is 23.0 Å². The van der Waals surface area contributed by atoms with Gasteiger partial charge in [-0.05, 0) is 42.9 Å². The van der Waals surface area contributed by atoms with E-state index in [1.54, 1.807) is 0 Å². The number of ether oxygens (including phenoxy) is 2. The van der Waals surface area contributed by atoms with Gasteiger partial charge in [0, 0.05) is 11.8 Å². The summed E-state index contributed by atoms with van der Waals surface area (Å²) in [7, 11) is 2.72. The Labute approximate surface area is 188 Å². The molecule has 0 bridgehead atoms. The van der Waals surface area contributed by atoms with Gasteiger partial charge in [-0.3, -0.25) is 14.9 Å². The van der Waals surface area contributed by atoms with Gasteiger partial charge in [-0.25, -0.2) is 4.79 Å². The Balaban J connectivity index is 1.60. The van der Waals surface area contributed by atoms with Crippen LogP contribution in [-0.2, 0) is 24.2 Å². The smallest absolute Gasteiger partial charge is 0.437 e. The third-order valence-corrected chi connectivity index (χ3v) is 5.50. The summed E-state index contributed by atoms with van der Waals surface area (Å²) in [5.74, 6) is -1.35. The van der Waals surface area contributed by atoms with Crippen LogP contribution in [0.1, 0.15) is 24.0 Å². The molecule has 11 heteroatoms. The second-order valence-electron chi connectivity index (χ2n) is 7.51. The predicted octanol–water partition coefficient (Wildman–Crippen LogP) is 2.95. The number of nitro benzene ring substituents is 1. The summed E-state index contributed by atoms with van der Waals surface area (Å²) < 4.78 is 16.2. The number of amides is 1. The first kappa shape index (κ1) is 22.1. The number of carbonyl (C=O) groups is 1. The van der Waals surface area contributed by atoms with Crippen molar-refractivity contribution in [3.63, 3.8) is 0 Å². The lowest BCUT2D eigenvalue weighted by Gasteiger charge is -2.19. The number of nitrogens with one attached hydrogen (secondary N) is 1. The van der Waals surface area contributed by atoms with Crippen LogP contribution in [0.15, 0.2) is 39.5 Å². The van der Waals surface area contributed by atoms with E-state index in [0.717, 1.165) is 42.0 Å². The molecule has 1 amide bonds. The number of carbonyl (C=O) groups excluding carboxylic acids is 1. The summed E-state index contributed by atoms with van der Waals surface area (Å²) >= 11 is 0. The zero-order valence-corrected chi connectivity index (χ0v) is 18.1. The number of aromatic nitrogens is 2. The van der Waals surface area contributed by atoms with Gasteiger partial charge in [0.05, 0.1) is 25.2 Å². The van der Waals surface area contributed by atoms with E-state index in [-0.39, 0.29) is 28.6 Å². The minimum Gasteiger partial charge on any atom is -0.493 e. The quantitative estimate of drug-likeness (QED) is 0.425. The molecule has 0 radical (unpaired) electrons. The third kappa shape index (κ3) is 4.43. The van der Waals surface area contributed by atoms with Crippen molar-refractivity contribution in [1.29, 1.82) is 0 Å². The molecule has 4 rings (SSSR count). The number of hydrogen-bond acceptors (Lipinski definition) is 8. The number of benzene rings is 2. The summed E-state index contributed by atoms with van der Waals surface area (Å²) in [6, 6.07) is 8.21. The van der Waals surface area contributed by atoms with E-state index in [2.05, 4.69) is 16.5 Å². The molecule has 0 atom stereocenters. The van der Waals surface area contributed by atoms with Crippen LogP contribution in [0.25, 0.3) is 11.5 Å². The number of aryl methyl sites for hydroxylation is 1. The van der Waals surface area contributed by atoms with Crippen molar-refractivity contribution in [2.45, 2.75) is 32.2 Å². The van der Waals surface area contributed by atoms with E-state index >= 15 is 0 Å². The highest BCUT2D eigenvalue weighted by Crippen LogP contribution is 2.39. The zero-order valence-electron chi connectivity index (χ0n) is 18.1. The number of methoxy groups -OCH3 is 2. The standard InChI is InChI=1S/C22H22N4O7/c1-31-18-10-15(17(26(29)30)11-19(18)32-2)21-24-25(22(28)33-21)12-20(27)23-16-9-5-7-13-6-3-4-8-14(13)16/h5,7,9-11H,3-4,6,8,12H2,1-2H3,(H,23,27). The van der Waals surface area contributed by atoms with Crippen molar-refractivity contribution in [3.05, 3.63) is 62.1 Å². The number of nitrogens with zero attached hydrogens (tertiary/aromatic N) is 3. The van der Waals surface area contributed by atoms with Crippen LogP contribution in [0, 0.1) is 10.1 Å². The average molecular weight is 454 g/mol. The minimum atomic E-state index is -0.917. The molecule has 1 N–H and O–H groups in total. The highest BCUT2D eigenvalue weighted by Gasteiger charge is 2.26. The van der Waals surface area contributed by atoms with E-state index in [1.165, 1.54) is 25.8 Å². The SMILES string of the molecule is COc1cc(-c2nn(CC(=O)Nc3cccc4c3CCCC4)c(=O)o2)c([N+](=O)[O-])cc1OC. The number of hydrogen-bond donors (Lipinski definition) is 1. The Bertz CT molecular complexity index is 1280. The van der Waals surface area contributed by atoms with Crippen LogP contribution in [0.4, 0.5) is 11.4 Å². The van der Waals surface area contributed by atoms with Crippen LogP contribution < -0.4 is 20.5 Å². The summed E-state index contributed by atoms with van der Waals surface area (Å²) in [6.07, 6.45) is 4.01. The van der Waals surface area contributed by atoms with Crippen molar-refractivity contribution in [2.24, 2.45) is 0 Å². The predicted molar refractivity (Wildman–Crippen MR) is 118 cm³/mol. The Hall–Kier alpha value is -4.15. The Morgan fingerprint density at radius 2 is 1.94 bits per heavy atom. The molecule has 11 nitrogen and oxygen atoms in total. The molecule has 0 unspecified atom stereocenters. The van der Waals surface area contributed by atoms with Crippen molar-refractivity contribution in [1.82, 2.24) is 9.78 Å². The van der Waals surface area contributed by atoms with Crippen molar-refractivity contribution >= 4 is 17.3 Å². The van der Waals surface area contributed by atoms with E-state index in [1.807, 2.05) is 12.1 Å². The van der Waals surface area contributed by atoms with Gasteiger partial charge in [0.15, 0.2) is 11.5 Å². The molecule has 3 aromatic rings. The first-order valence-corrected chi connectivity index (χ1v) is 10.3. The molecule has 1 aromatic heterocycles. The van der Waals surface area contributed by atoms with Crippen LogP contribution in [0.5, 0.6) is 11.5 Å². The fraction of sp³-hybridized carbons (Fsp3) is 0.318. The maximum absolute atomic E-state index is 12.6. The van der Waals surface area contributed by atoms with E-state index in [9.17, 15) is 19.7 Å². The molecule has 1 aliphatic carbocycles. The first-order valence-electron chi connectivity index (χ1n) is 10.3. The van der Waals surface area contributed by atoms with E-state index in [0.29, 0.717) is 5.69 Å². The number of nitro groups is 1. The molecule has 0 saturated carbocycles. The summed E-state index contributed by atoms with van der Waals surface area (Å²) in [5, 5.41) is 18.4. The summed E-state index contributed by atoms with van der Waals surface area (Å²) in [4.78, 5) is 35.8. The Kier molecular flexibility index (Phi) is 6.11.